The SMILES string of the molecule is CC(C)(C)OC(=O)NC1=N[C@@]2(c3cc([N+](=O)[O-])cc(F)c3F)CO[C@H](C(F)(F)F)[C@H]2CS1. The second kappa shape index (κ2) is 8.14. The van der Waals surface area contributed by atoms with Gasteiger partial charge in [-0.25, -0.2) is 18.6 Å². The van der Waals surface area contributed by atoms with E-state index in [2.05, 4.69) is 10.3 Å². The lowest BCUT2D eigenvalue weighted by Crippen LogP contribution is -2.47. The van der Waals surface area contributed by atoms with Gasteiger partial charge < -0.3 is 9.47 Å². The first-order valence-corrected chi connectivity index (χ1v) is 10.2. The third kappa shape index (κ3) is 4.65. The molecular weight excluding hydrogens is 465 g/mol. The molecule has 2 heterocycles. The van der Waals surface area contributed by atoms with Gasteiger partial charge in [0.1, 0.15) is 11.1 Å². The number of non-ortho nitro benzene ring substituents is 1. The number of aliphatic imine (C=N–C) groups is 1. The summed E-state index contributed by atoms with van der Waals surface area (Å²) in [5.41, 5.74) is -4.67. The number of carbonyl (C=O) groups is 1. The first-order valence-electron chi connectivity index (χ1n) is 9.19. The van der Waals surface area contributed by atoms with Gasteiger partial charge in [0, 0.05) is 23.3 Å². The topological polar surface area (TPSA) is 103 Å². The highest BCUT2D eigenvalue weighted by molar-refractivity contribution is 8.13. The minimum atomic E-state index is -4.85. The maximum absolute atomic E-state index is 14.8. The number of rotatable bonds is 2. The van der Waals surface area contributed by atoms with Crippen molar-refractivity contribution < 1.29 is 41.1 Å². The zero-order valence-corrected chi connectivity index (χ0v) is 17.8. The van der Waals surface area contributed by atoms with E-state index in [1.807, 2.05) is 0 Å². The maximum Gasteiger partial charge on any atom is 0.415 e. The van der Waals surface area contributed by atoms with Crippen LogP contribution in [0.3, 0.4) is 0 Å². The van der Waals surface area contributed by atoms with Gasteiger partial charge in [0.05, 0.1) is 17.6 Å². The van der Waals surface area contributed by atoms with E-state index in [-0.39, 0.29) is 10.9 Å². The number of ether oxygens (including phenoxy) is 2. The quantitative estimate of drug-likeness (QED) is 0.383. The molecule has 1 saturated heterocycles. The van der Waals surface area contributed by atoms with Crippen molar-refractivity contribution in [3.63, 3.8) is 0 Å². The smallest absolute Gasteiger partial charge is 0.415 e. The molecule has 32 heavy (non-hydrogen) atoms. The zero-order chi connectivity index (χ0) is 24.1. The number of thioether (sulfide) groups is 1. The van der Waals surface area contributed by atoms with Gasteiger partial charge in [-0.2, -0.15) is 13.2 Å². The van der Waals surface area contributed by atoms with Crippen LogP contribution in [-0.4, -0.2) is 46.4 Å². The van der Waals surface area contributed by atoms with E-state index in [0.29, 0.717) is 12.1 Å². The lowest BCUT2D eigenvalue weighted by atomic mass is 9.78. The standard InChI is InChI=1S/C18H18F5N3O5S/c1-16(2,3)31-15(27)24-14-25-17(7-30-13(18(21,22)23)10(17)6-32-14)9-4-8(26(28)29)5-11(19)12(9)20/h4-5,10,13H,6-7H2,1-3H3,(H,24,25,27)/t10-,13+,17-/m1/s1. The summed E-state index contributed by atoms with van der Waals surface area (Å²) >= 11 is 0.736. The number of alkyl carbamates (subject to hydrolysis) is 1. The summed E-state index contributed by atoms with van der Waals surface area (Å²) in [6.07, 6.45) is -8.19. The summed E-state index contributed by atoms with van der Waals surface area (Å²) in [6.45, 7) is 3.92. The van der Waals surface area contributed by atoms with Crippen LogP contribution in [0.2, 0.25) is 0 Å². The van der Waals surface area contributed by atoms with Gasteiger partial charge in [-0.05, 0) is 20.8 Å². The third-order valence-electron chi connectivity index (χ3n) is 4.78. The van der Waals surface area contributed by atoms with Crippen LogP contribution in [-0.2, 0) is 15.0 Å². The van der Waals surface area contributed by atoms with Crippen molar-refractivity contribution >= 4 is 28.7 Å². The van der Waals surface area contributed by atoms with Gasteiger partial charge in [-0.15, -0.1) is 0 Å². The monoisotopic (exact) mass is 483 g/mol. The van der Waals surface area contributed by atoms with E-state index < -0.39 is 69.8 Å². The summed E-state index contributed by atoms with van der Waals surface area (Å²) in [4.78, 5) is 26.3. The number of alkyl halides is 3. The molecule has 176 valence electrons. The van der Waals surface area contributed by atoms with Crippen molar-refractivity contribution in [1.82, 2.24) is 5.32 Å². The number of amides is 1. The lowest BCUT2D eigenvalue weighted by molar-refractivity contribution is -0.385. The first kappa shape index (κ1) is 24.2. The van der Waals surface area contributed by atoms with Crippen LogP contribution in [0, 0.1) is 27.7 Å². The van der Waals surface area contributed by atoms with Crippen LogP contribution in [0.15, 0.2) is 17.1 Å². The maximum atomic E-state index is 14.8. The van der Waals surface area contributed by atoms with Crippen LogP contribution >= 0.6 is 11.8 Å². The lowest BCUT2D eigenvalue weighted by Gasteiger charge is -2.36. The van der Waals surface area contributed by atoms with E-state index >= 15 is 0 Å². The van der Waals surface area contributed by atoms with Crippen LogP contribution in [0.4, 0.5) is 32.4 Å². The summed E-state index contributed by atoms with van der Waals surface area (Å²) in [5, 5.41) is 13.2. The van der Waals surface area contributed by atoms with E-state index in [9.17, 15) is 36.9 Å². The minimum absolute atomic E-state index is 0.215. The number of hydrogen-bond acceptors (Lipinski definition) is 7. The number of fused-ring (bicyclic) bond motifs is 1. The number of nitro benzene ring substituents is 1. The highest BCUT2D eigenvalue weighted by Crippen LogP contribution is 2.52. The molecule has 1 N–H and O–H groups in total. The highest BCUT2D eigenvalue weighted by atomic mass is 32.2. The molecule has 0 saturated carbocycles. The molecule has 1 aromatic carbocycles. The number of nitrogens with zero attached hydrogens (tertiary/aromatic N) is 2. The molecule has 1 fully saturated rings. The fourth-order valence-corrected chi connectivity index (χ4v) is 4.69. The van der Waals surface area contributed by atoms with E-state index in [1.54, 1.807) is 20.8 Å². The summed E-state index contributed by atoms with van der Waals surface area (Å²) < 4.78 is 79.6. The third-order valence-corrected chi connectivity index (χ3v) is 5.78. The molecule has 0 unspecified atom stereocenters. The fourth-order valence-electron chi connectivity index (χ4n) is 3.52. The average molecular weight is 483 g/mol. The van der Waals surface area contributed by atoms with Gasteiger partial charge in [-0.3, -0.25) is 15.4 Å². The van der Waals surface area contributed by atoms with Gasteiger partial charge in [0.25, 0.3) is 5.69 Å². The first-order chi connectivity index (χ1) is 14.6. The summed E-state index contributed by atoms with van der Waals surface area (Å²) in [7, 11) is 0. The van der Waals surface area contributed by atoms with Crippen LogP contribution in [0.1, 0.15) is 26.3 Å². The average Bonchev–Trinajstić information content (AvgIpc) is 3.01. The Balaban J connectivity index is 2.12. The highest BCUT2D eigenvalue weighted by Gasteiger charge is 2.62. The normalized spacial score (nSPS) is 25.7. The summed E-state index contributed by atoms with van der Waals surface area (Å²) in [5.74, 6) is -5.08. The van der Waals surface area contributed by atoms with Crippen LogP contribution < -0.4 is 5.32 Å². The Morgan fingerprint density at radius 2 is 2.00 bits per heavy atom. The second-order valence-electron chi connectivity index (χ2n) is 8.21. The molecule has 2 aliphatic rings. The second-order valence-corrected chi connectivity index (χ2v) is 9.21. The minimum Gasteiger partial charge on any atom is -0.444 e. The fraction of sp³-hybridized carbons (Fsp3) is 0.556. The van der Waals surface area contributed by atoms with E-state index in [0.717, 1.165) is 11.8 Å². The van der Waals surface area contributed by atoms with E-state index in [4.69, 9.17) is 9.47 Å². The molecule has 14 heteroatoms. The largest absolute Gasteiger partial charge is 0.444 e. The van der Waals surface area contributed by atoms with Crippen molar-refractivity contribution in [2.45, 2.75) is 44.2 Å². The molecule has 0 aliphatic carbocycles. The van der Waals surface area contributed by atoms with Crippen molar-refractivity contribution in [2.75, 3.05) is 12.4 Å². The molecular formula is C18H18F5N3O5S. The van der Waals surface area contributed by atoms with Crippen LogP contribution in [0.25, 0.3) is 0 Å². The van der Waals surface area contributed by atoms with E-state index in [1.165, 1.54) is 0 Å². The number of amidine groups is 1. The van der Waals surface area contributed by atoms with Crippen molar-refractivity contribution in [3.8, 4) is 0 Å². The summed E-state index contributed by atoms with van der Waals surface area (Å²) in [6, 6.07) is 0.959. The predicted octanol–water partition coefficient (Wildman–Crippen LogP) is 4.27. The number of halogens is 5. The number of benzene rings is 1. The molecule has 8 nitrogen and oxygen atoms in total. The van der Waals surface area contributed by atoms with Gasteiger partial charge in [0.2, 0.25) is 0 Å². The Morgan fingerprint density at radius 1 is 1.34 bits per heavy atom. The Hall–Kier alpha value is -2.48. The van der Waals surface area contributed by atoms with Crippen LogP contribution in [0.5, 0.6) is 0 Å². The molecule has 0 bridgehead atoms. The molecule has 3 rings (SSSR count). The molecule has 0 aromatic heterocycles. The Bertz CT molecular complexity index is 981. The molecule has 3 atom stereocenters. The Kier molecular flexibility index (Phi) is 6.15. The van der Waals surface area contributed by atoms with Gasteiger partial charge in [-0.1, -0.05) is 11.8 Å². The molecule has 1 amide bonds. The van der Waals surface area contributed by atoms with Gasteiger partial charge >= 0.3 is 12.3 Å². The molecule has 1 aromatic rings. The Labute approximate surface area is 182 Å². The Morgan fingerprint density at radius 3 is 2.56 bits per heavy atom. The number of hydrogen-bond donors (Lipinski definition) is 1. The number of nitrogens with one attached hydrogen (secondary N) is 1. The number of carbonyl (C=O) groups excluding carboxylic acids is 1. The molecule has 2 aliphatic heterocycles. The van der Waals surface area contributed by atoms with Gasteiger partial charge in [0.15, 0.2) is 22.9 Å². The molecule has 0 spiro atoms. The van der Waals surface area contributed by atoms with Crippen molar-refractivity contribution in [3.05, 3.63) is 39.4 Å². The zero-order valence-electron chi connectivity index (χ0n) is 17.0. The molecule has 0 radical (unpaired) electrons. The predicted molar refractivity (Wildman–Crippen MR) is 103 cm³/mol. The van der Waals surface area contributed by atoms with Crippen molar-refractivity contribution in [1.29, 1.82) is 0 Å². The van der Waals surface area contributed by atoms with Crippen molar-refractivity contribution in [2.24, 2.45) is 10.9 Å². The number of nitro groups is 1.